The van der Waals surface area contributed by atoms with E-state index < -0.39 is 6.10 Å². The van der Waals surface area contributed by atoms with E-state index in [1.807, 2.05) is 60.7 Å². The summed E-state index contributed by atoms with van der Waals surface area (Å²) in [7, 11) is 0. The number of carbonyl (C=O) groups excluding carboxylic acids is 2. The van der Waals surface area contributed by atoms with Gasteiger partial charge in [0.25, 0.3) is 0 Å². The molecule has 0 aliphatic carbocycles. The number of aryl methyl sites for hydroxylation is 4. The molecule has 4 N–H and O–H groups in total. The second-order valence-corrected chi connectivity index (χ2v) is 27.9. The number of epoxide rings is 1. The number of carbonyl (C=O) groups is 2. The molecule has 5 aliphatic rings. The molecule has 14 heteroatoms. The minimum atomic E-state index is -0.543. The van der Waals surface area contributed by atoms with Crippen molar-refractivity contribution >= 4 is 33.6 Å². The lowest BCUT2D eigenvalue weighted by atomic mass is 9.91. The number of nitrogens with one attached hydrogen (secondary N) is 3. The van der Waals surface area contributed by atoms with E-state index in [9.17, 15) is 14.7 Å². The van der Waals surface area contributed by atoms with Crippen LogP contribution in [-0.4, -0.2) is 157 Å². The zero-order valence-corrected chi connectivity index (χ0v) is 57.9. The molecular weight excluding hydrogens is 1220 g/mol. The third kappa shape index (κ3) is 23.6. The van der Waals surface area contributed by atoms with Gasteiger partial charge in [-0.25, -0.2) is 0 Å². The second kappa shape index (κ2) is 39.3. The molecule has 7 heterocycles. The average molecular weight is 1330 g/mol. The van der Waals surface area contributed by atoms with Gasteiger partial charge in [0, 0.05) is 91.9 Å². The molecule has 14 nitrogen and oxygen atoms in total. The van der Waals surface area contributed by atoms with Crippen molar-refractivity contribution < 1.29 is 28.9 Å². The molecule has 2 atom stereocenters. The summed E-state index contributed by atoms with van der Waals surface area (Å²) in [6, 6.07) is 64.5. The molecule has 5 saturated heterocycles. The first-order valence-corrected chi connectivity index (χ1v) is 37.2. The highest BCUT2D eigenvalue weighted by molar-refractivity contribution is 5.85. The van der Waals surface area contributed by atoms with Crippen LogP contribution in [-0.2, 0) is 40.0 Å². The molecule has 13 rings (SSSR count). The van der Waals surface area contributed by atoms with E-state index in [0.717, 1.165) is 208 Å². The third-order valence-electron chi connectivity index (χ3n) is 20.6. The quantitative estimate of drug-likeness (QED) is 0.0317. The number of likely N-dealkylation sites (tertiary alicyclic amines) is 3. The smallest absolute Gasteiger partial charge is 0.225 e. The number of benzene rings is 6. The average Bonchev–Trinajstić information content (AvgIpc) is 4.08. The van der Waals surface area contributed by atoms with Crippen LogP contribution in [0.15, 0.2) is 194 Å². The minimum absolute atomic E-state index is 0.103. The lowest BCUT2D eigenvalue weighted by Gasteiger charge is -2.39. The summed E-state index contributed by atoms with van der Waals surface area (Å²) in [6.07, 6.45) is 24.5. The SMILES string of the molecule is O=C(C(CCCc1ccccc1)CCCc1ccccc1)N1CCC(NC2CCN(C[C@@H](O)COc3cccc4ncccc34)CC2)CC1.O=C(C(CCCc1ccccc1)CCCc1ccccc1)N1CCC(NC2CCNCC2)CC1.c1cc(OCC2CO2)c2cccnc2c1. The number of fused-ring (bicyclic) bond motifs is 2. The Morgan fingerprint density at radius 2 is 0.847 bits per heavy atom. The maximum Gasteiger partial charge on any atom is 0.225 e. The Hall–Kier alpha value is -7.56. The number of aliphatic hydroxyl groups is 1. The molecular formula is C84H108N8O6. The molecule has 6 aromatic carbocycles. The van der Waals surface area contributed by atoms with Gasteiger partial charge < -0.3 is 50.0 Å². The standard InChI is InChI=1S/C42H54N4O3.C30H43N3O.C12H11NO2/c47-38(32-49-41-21-9-20-40-39(41)19-10-26-43-40)31-45-27-22-36(23-28-45)44-37-24-29-46(30-25-37)42(48)35(17-7-15-33-11-3-1-4-12-33)18-8-16-34-13-5-2-6-14-34;34-30(33-23-19-29(20-24-33)32-28-17-21-31-22-18-28)27(15-7-13-25-9-3-1-4-10-25)16-8-14-26-11-5-2-6-12-26;1-4-11-10(3-2-6-13-11)12(5-1)15-8-9-7-14-9/h1-6,9-14,19-21,26,35-38,44,47H,7-8,15-18,22-25,27-32H2;1-6,9-12,27-29,31-32H,7-8,13-24H2;1-6,9H,7-8H2/t38-;;/m1../s1. The molecule has 5 fully saturated rings. The van der Waals surface area contributed by atoms with Gasteiger partial charge in [-0.3, -0.25) is 19.6 Å². The maximum absolute atomic E-state index is 13.9. The van der Waals surface area contributed by atoms with Gasteiger partial charge in [0.2, 0.25) is 11.8 Å². The number of aromatic nitrogens is 2. The fraction of sp³-hybridized carbons (Fsp3) is 0.476. The molecule has 2 aromatic heterocycles. The first-order valence-electron chi connectivity index (χ1n) is 37.2. The van der Waals surface area contributed by atoms with Crippen LogP contribution in [0.3, 0.4) is 0 Å². The first-order chi connectivity index (χ1) is 48.3. The summed E-state index contributed by atoms with van der Waals surface area (Å²) in [5.41, 5.74) is 7.33. The highest BCUT2D eigenvalue weighted by Crippen LogP contribution is 2.29. The molecule has 5 aliphatic heterocycles. The van der Waals surface area contributed by atoms with E-state index in [1.54, 1.807) is 12.4 Å². The van der Waals surface area contributed by atoms with Gasteiger partial charge in [0.1, 0.15) is 36.9 Å². The fourth-order valence-electron chi connectivity index (χ4n) is 14.8. The Bertz CT molecular complexity index is 3450. The Labute approximate surface area is 583 Å². The minimum Gasteiger partial charge on any atom is -0.490 e. The predicted octanol–water partition coefficient (Wildman–Crippen LogP) is 13.7. The normalized spacial score (nSPS) is 17.6. The van der Waals surface area contributed by atoms with E-state index >= 15 is 0 Å². The van der Waals surface area contributed by atoms with Gasteiger partial charge in [-0.05, 0) is 225 Å². The van der Waals surface area contributed by atoms with Gasteiger partial charge in [-0.1, -0.05) is 133 Å². The van der Waals surface area contributed by atoms with Crippen molar-refractivity contribution in [3.8, 4) is 11.5 Å². The van der Waals surface area contributed by atoms with Gasteiger partial charge in [-0.15, -0.1) is 0 Å². The molecule has 98 heavy (non-hydrogen) atoms. The van der Waals surface area contributed by atoms with Crippen LogP contribution in [0.2, 0.25) is 0 Å². The van der Waals surface area contributed by atoms with Gasteiger partial charge >= 0.3 is 0 Å². The van der Waals surface area contributed by atoms with Gasteiger partial charge in [0.15, 0.2) is 0 Å². The van der Waals surface area contributed by atoms with Crippen LogP contribution in [0.4, 0.5) is 0 Å². The van der Waals surface area contributed by atoms with Crippen molar-refractivity contribution in [2.45, 2.75) is 165 Å². The Balaban J connectivity index is 0.000000170. The van der Waals surface area contributed by atoms with Crippen molar-refractivity contribution in [1.29, 1.82) is 0 Å². The topological polar surface area (TPSA) is 157 Å². The molecule has 0 saturated carbocycles. The van der Waals surface area contributed by atoms with Crippen molar-refractivity contribution in [2.24, 2.45) is 11.8 Å². The van der Waals surface area contributed by atoms with E-state index in [4.69, 9.17) is 14.2 Å². The molecule has 520 valence electrons. The van der Waals surface area contributed by atoms with Crippen LogP contribution < -0.4 is 25.4 Å². The van der Waals surface area contributed by atoms with Crippen molar-refractivity contribution in [3.63, 3.8) is 0 Å². The molecule has 1 unspecified atom stereocenters. The molecule has 0 radical (unpaired) electrons. The van der Waals surface area contributed by atoms with Crippen LogP contribution in [0, 0.1) is 11.8 Å². The molecule has 0 spiro atoms. The molecule has 0 bridgehead atoms. The zero-order valence-electron chi connectivity index (χ0n) is 57.9. The lowest BCUT2D eigenvalue weighted by molar-refractivity contribution is -0.138. The number of β-amino-alcohol motifs (C(OH)–C–C–N with tert-alkyl or cyclic N) is 1. The number of amides is 2. The van der Waals surface area contributed by atoms with Gasteiger partial charge in [0.05, 0.1) is 17.6 Å². The van der Waals surface area contributed by atoms with Crippen LogP contribution in [0.25, 0.3) is 21.8 Å². The largest absolute Gasteiger partial charge is 0.490 e. The first kappa shape index (κ1) is 71.7. The number of hydrogen-bond acceptors (Lipinski definition) is 12. The summed E-state index contributed by atoms with van der Waals surface area (Å²) < 4.78 is 16.8. The van der Waals surface area contributed by atoms with E-state index in [2.05, 4.69) is 162 Å². The molecule has 2 amide bonds. The number of rotatable bonds is 30. The highest BCUT2D eigenvalue weighted by atomic mass is 16.6. The van der Waals surface area contributed by atoms with Gasteiger partial charge in [-0.2, -0.15) is 0 Å². The van der Waals surface area contributed by atoms with E-state index in [1.165, 1.54) is 35.1 Å². The summed E-state index contributed by atoms with van der Waals surface area (Å²) in [6.45, 7) is 10.1. The second-order valence-electron chi connectivity index (χ2n) is 27.9. The zero-order chi connectivity index (χ0) is 67.2. The lowest BCUT2D eigenvalue weighted by Crippen LogP contribution is -2.52. The monoisotopic (exact) mass is 1320 g/mol. The Kier molecular flexibility index (Phi) is 28.8. The number of nitrogens with zero attached hydrogens (tertiary/aromatic N) is 5. The summed E-state index contributed by atoms with van der Waals surface area (Å²) in [5, 5.41) is 24.0. The summed E-state index contributed by atoms with van der Waals surface area (Å²) in [4.78, 5) is 42.8. The van der Waals surface area contributed by atoms with Crippen molar-refractivity contribution in [1.82, 2.24) is 40.6 Å². The van der Waals surface area contributed by atoms with Crippen molar-refractivity contribution in [3.05, 3.63) is 217 Å². The maximum atomic E-state index is 13.9. The summed E-state index contributed by atoms with van der Waals surface area (Å²) in [5.74, 6) is 2.68. The Morgan fingerprint density at radius 1 is 0.469 bits per heavy atom. The van der Waals surface area contributed by atoms with E-state index in [0.29, 0.717) is 49.1 Å². The number of ether oxygens (including phenoxy) is 3. The Morgan fingerprint density at radius 3 is 1.24 bits per heavy atom. The third-order valence-corrected chi connectivity index (χ3v) is 20.6. The number of hydrogen-bond donors (Lipinski definition) is 4. The van der Waals surface area contributed by atoms with Crippen molar-refractivity contribution in [2.75, 3.05) is 78.7 Å². The number of aliphatic hydroxyl groups excluding tert-OH is 1. The van der Waals surface area contributed by atoms with E-state index in [-0.39, 0.29) is 24.5 Å². The van der Waals surface area contributed by atoms with Crippen LogP contribution in [0.1, 0.15) is 125 Å². The van der Waals surface area contributed by atoms with Crippen LogP contribution in [0.5, 0.6) is 11.5 Å². The molecule has 8 aromatic rings. The predicted molar refractivity (Wildman–Crippen MR) is 396 cm³/mol. The van der Waals surface area contributed by atoms with Crippen LogP contribution >= 0.6 is 0 Å². The summed E-state index contributed by atoms with van der Waals surface area (Å²) >= 11 is 0. The number of piperidine rings is 4. The fourth-order valence-corrected chi connectivity index (χ4v) is 14.8. The number of pyridine rings is 2. The highest BCUT2D eigenvalue weighted by Gasteiger charge is 2.32.